The normalized spacial score (nSPS) is 14.2. The Morgan fingerprint density at radius 1 is 1.04 bits per heavy atom. The Labute approximate surface area is 137 Å². The van der Waals surface area contributed by atoms with E-state index in [1.54, 1.807) is 0 Å². The molecule has 2 N–H and O–H groups in total. The van der Waals surface area contributed by atoms with Crippen LogP contribution < -0.4 is 10.0 Å². The van der Waals surface area contributed by atoms with E-state index in [0.29, 0.717) is 0 Å². The van der Waals surface area contributed by atoms with Gasteiger partial charge in [-0.05, 0) is 43.2 Å². The predicted molar refractivity (Wildman–Crippen MR) is 84.1 cm³/mol. The molecule has 0 spiro atoms. The van der Waals surface area contributed by atoms with Crippen molar-refractivity contribution in [2.45, 2.75) is 23.8 Å². The van der Waals surface area contributed by atoms with Crippen LogP contribution in [-0.2, 0) is 10.0 Å². The molecule has 126 valence electrons. The molecule has 0 aromatic heterocycles. The lowest BCUT2D eigenvalue weighted by molar-refractivity contribution is 0.0951. The van der Waals surface area contributed by atoms with Gasteiger partial charge in [0.25, 0.3) is 15.9 Å². The fraction of sp³-hybridized carbons (Fsp3) is 0.188. The van der Waals surface area contributed by atoms with Gasteiger partial charge in [-0.25, -0.2) is 17.2 Å². The molecule has 1 fully saturated rings. The number of carbonyl (C=O) groups excluding carboxylic acids is 1. The van der Waals surface area contributed by atoms with Gasteiger partial charge in [-0.1, -0.05) is 6.07 Å². The van der Waals surface area contributed by atoms with E-state index in [1.165, 1.54) is 24.3 Å². The fourth-order valence-electron chi connectivity index (χ4n) is 2.07. The van der Waals surface area contributed by atoms with Gasteiger partial charge >= 0.3 is 0 Å². The molecule has 1 amide bonds. The molecular weight excluding hydrogens is 338 g/mol. The van der Waals surface area contributed by atoms with E-state index in [0.717, 1.165) is 31.0 Å². The minimum atomic E-state index is -4.03. The number of halogens is 2. The van der Waals surface area contributed by atoms with E-state index < -0.39 is 21.7 Å². The standard InChI is InChI=1S/C16H14F2N2O3S/c17-14-7-6-12(9-15(14)18)20-24(22,23)13-3-1-2-10(8-13)16(21)19-11-4-5-11/h1-3,6-9,11,20H,4-5H2,(H,19,21). The zero-order valence-electron chi connectivity index (χ0n) is 12.4. The molecule has 24 heavy (non-hydrogen) atoms. The van der Waals surface area contributed by atoms with Gasteiger partial charge in [-0.3, -0.25) is 9.52 Å². The van der Waals surface area contributed by atoms with Crippen LogP contribution in [0.25, 0.3) is 0 Å². The summed E-state index contributed by atoms with van der Waals surface area (Å²) in [5.41, 5.74) is 0.108. The Hall–Kier alpha value is -2.48. The molecule has 0 saturated heterocycles. The topological polar surface area (TPSA) is 75.3 Å². The lowest BCUT2D eigenvalue weighted by Gasteiger charge is -2.10. The van der Waals surface area contributed by atoms with Crippen molar-refractivity contribution in [1.82, 2.24) is 5.32 Å². The highest BCUT2D eigenvalue weighted by Gasteiger charge is 2.24. The molecule has 1 aliphatic carbocycles. The van der Waals surface area contributed by atoms with E-state index in [9.17, 15) is 22.0 Å². The highest BCUT2D eigenvalue weighted by atomic mass is 32.2. The van der Waals surface area contributed by atoms with Crippen molar-refractivity contribution in [2.75, 3.05) is 4.72 Å². The summed E-state index contributed by atoms with van der Waals surface area (Å²) < 4.78 is 53.0. The summed E-state index contributed by atoms with van der Waals surface area (Å²) in [6, 6.07) is 8.34. The minimum Gasteiger partial charge on any atom is -0.349 e. The van der Waals surface area contributed by atoms with Crippen LogP contribution in [0.5, 0.6) is 0 Å². The van der Waals surface area contributed by atoms with Gasteiger partial charge in [0.15, 0.2) is 11.6 Å². The number of sulfonamides is 1. The lowest BCUT2D eigenvalue weighted by Crippen LogP contribution is -2.25. The molecular formula is C16H14F2N2O3S. The van der Waals surface area contributed by atoms with Crippen molar-refractivity contribution in [3.05, 3.63) is 59.7 Å². The van der Waals surface area contributed by atoms with Crippen LogP contribution in [0.2, 0.25) is 0 Å². The average Bonchev–Trinajstić information content (AvgIpc) is 3.35. The largest absolute Gasteiger partial charge is 0.349 e. The van der Waals surface area contributed by atoms with Gasteiger partial charge in [0.05, 0.1) is 10.6 Å². The Kier molecular flexibility index (Phi) is 4.23. The van der Waals surface area contributed by atoms with Crippen molar-refractivity contribution >= 4 is 21.6 Å². The van der Waals surface area contributed by atoms with Gasteiger partial charge < -0.3 is 5.32 Å². The molecule has 0 heterocycles. The van der Waals surface area contributed by atoms with Crippen LogP contribution >= 0.6 is 0 Å². The summed E-state index contributed by atoms with van der Waals surface area (Å²) >= 11 is 0. The maximum atomic E-state index is 13.2. The van der Waals surface area contributed by atoms with E-state index in [-0.39, 0.29) is 28.1 Å². The molecule has 1 aliphatic rings. The molecule has 0 atom stereocenters. The zero-order chi connectivity index (χ0) is 17.3. The first-order valence-electron chi connectivity index (χ1n) is 7.24. The molecule has 1 saturated carbocycles. The number of nitrogens with one attached hydrogen (secondary N) is 2. The number of hydrogen-bond acceptors (Lipinski definition) is 3. The van der Waals surface area contributed by atoms with E-state index >= 15 is 0 Å². The highest BCUT2D eigenvalue weighted by molar-refractivity contribution is 7.92. The lowest BCUT2D eigenvalue weighted by atomic mass is 10.2. The number of amides is 1. The van der Waals surface area contributed by atoms with Gasteiger partial charge in [0.1, 0.15) is 0 Å². The summed E-state index contributed by atoms with van der Waals surface area (Å²) in [7, 11) is -4.03. The number of anilines is 1. The third-order valence-corrected chi connectivity index (χ3v) is 4.87. The number of benzene rings is 2. The van der Waals surface area contributed by atoms with Gasteiger partial charge in [0.2, 0.25) is 0 Å². The van der Waals surface area contributed by atoms with Crippen LogP contribution in [-0.4, -0.2) is 20.4 Å². The summed E-state index contributed by atoms with van der Waals surface area (Å²) in [6.45, 7) is 0. The van der Waals surface area contributed by atoms with Crippen molar-refractivity contribution in [2.24, 2.45) is 0 Å². The predicted octanol–water partition coefficient (Wildman–Crippen LogP) is 2.66. The Morgan fingerprint density at radius 2 is 1.79 bits per heavy atom. The summed E-state index contributed by atoms with van der Waals surface area (Å²) in [5.74, 6) is -2.58. The smallest absolute Gasteiger partial charge is 0.261 e. The van der Waals surface area contributed by atoms with Gasteiger partial charge in [0, 0.05) is 17.7 Å². The summed E-state index contributed by atoms with van der Waals surface area (Å²) in [5, 5.41) is 2.77. The van der Waals surface area contributed by atoms with Crippen molar-refractivity contribution in [3.63, 3.8) is 0 Å². The number of rotatable bonds is 5. The molecule has 2 aromatic rings. The highest BCUT2D eigenvalue weighted by Crippen LogP contribution is 2.21. The summed E-state index contributed by atoms with van der Waals surface area (Å²) in [4.78, 5) is 11.9. The molecule has 0 aliphatic heterocycles. The van der Waals surface area contributed by atoms with Gasteiger partial charge in [-0.2, -0.15) is 0 Å². The monoisotopic (exact) mass is 352 g/mol. The Balaban J connectivity index is 1.83. The molecule has 0 radical (unpaired) electrons. The molecule has 0 bridgehead atoms. The molecule has 0 unspecified atom stereocenters. The third-order valence-electron chi connectivity index (χ3n) is 3.49. The number of carbonyl (C=O) groups is 1. The van der Waals surface area contributed by atoms with Crippen molar-refractivity contribution in [3.8, 4) is 0 Å². The van der Waals surface area contributed by atoms with Crippen molar-refractivity contribution in [1.29, 1.82) is 0 Å². The number of hydrogen-bond donors (Lipinski definition) is 2. The first-order chi connectivity index (χ1) is 11.3. The molecule has 5 nitrogen and oxygen atoms in total. The molecule has 8 heteroatoms. The van der Waals surface area contributed by atoms with Gasteiger partial charge in [-0.15, -0.1) is 0 Å². The Morgan fingerprint density at radius 3 is 2.46 bits per heavy atom. The fourth-order valence-corrected chi connectivity index (χ4v) is 3.17. The molecule has 2 aromatic carbocycles. The SMILES string of the molecule is O=C(NC1CC1)c1cccc(S(=O)(=O)Nc2ccc(F)c(F)c2)c1. The Bertz CT molecular complexity index is 896. The van der Waals surface area contributed by atoms with Crippen LogP contribution in [0.15, 0.2) is 47.4 Å². The molecule has 3 rings (SSSR count). The van der Waals surface area contributed by atoms with Crippen LogP contribution in [0.3, 0.4) is 0 Å². The average molecular weight is 352 g/mol. The quantitative estimate of drug-likeness (QED) is 0.869. The van der Waals surface area contributed by atoms with Crippen molar-refractivity contribution < 1.29 is 22.0 Å². The van der Waals surface area contributed by atoms with E-state index in [1.807, 2.05) is 0 Å². The zero-order valence-corrected chi connectivity index (χ0v) is 13.2. The first kappa shape index (κ1) is 16.4. The van der Waals surface area contributed by atoms with Crippen LogP contribution in [0.4, 0.5) is 14.5 Å². The van der Waals surface area contributed by atoms with E-state index in [4.69, 9.17) is 0 Å². The second-order valence-corrected chi connectivity index (χ2v) is 7.19. The van der Waals surface area contributed by atoms with E-state index in [2.05, 4.69) is 10.0 Å². The third kappa shape index (κ3) is 3.70. The second kappa shape index (κ2) is 6.20. The first-order valence-corrected chi connectivity index (χ1v) is 8.72. The second-order valence-electron chi connectivity index (χ2n) is 5.51. The van der Waals surface area contributed by atoms with Crippen LogP contribution in [0.1, 0.15) is 23.2 Å². The summed E-state index contributed by atoms with van der Waals surface area (Å²) in [6.07, 6.45) is 1.84. The minimum absolute atomic E-state index is 0.110. The maximum absolute atomic E-state index is 13.2. The van der Waals surface area contributed by atoms with Crippen LogP contribution in [0, 0.1) is 11.6 Å². The maximum Gasteiger partial charge on any atom is 0.261 e.